The van der Waals surface area contributed by atoms with E-state index in [0.717, 1.165) is 48.2 Å². The molecule has 0 amide bonds. The van der Waals surface area contributed by atoms with E-state index in [1.165, 1.54) is 24.3 Å². The third kappa shape index (κ3) is 5.79. The van der Waals surface area contributed by atoms with E-state index >= 15 is 0 Å². The number of thiazole rings is 1. The number of aryl methyl sites for hydroxylation is 1. The number of hydrogen-bond donors (Lipinski definition) is 0. The monoisotopic (exact) mass is 395 g/mol. The molecule has 1 atom stereocenters. The molecule has 2 heterocycles. The lowest BCUT2D eigenvalue weighted by atomic mass is 10.2. The summed E-state index contributed by atoms with van der Waals surface area (Å²) in [5, 5.41) is 13.5. The fourth-order valence-corrected chi connectivity index (χ4v) is 4.76. The Kier molecular flexibility index (Phi) is 9.08. The number of aromatic nitrogens is 4. The van der Waals surface area contributed by atoms with Crippen LogP contribution in [0.2, 0.25) is 0 Å². The van der Waals surface area contributed by atoms with Gasteiger partial charge in [-0.2, -0.15) is 0 Å². The molecule has 7 heteroatoms. The van der Waals surface area contributed by atoms with Crippen molar-refractivity contribution in [2.45, 2.75) is 82.8 Å². The molecule has 0 spiro atoms. The van der Waals surface area contributed by atoms with Gasteiger partial charge in [-0.15, -0.1) is 21.5 Å². The maximum atomic E-state index is 4.77. The van der Waals surface area contributed by atoms with Crippen molar-refractivity contribution in [2.24, 2.45) is 0 Å². The fraction of sp³-hybridized carbons (Fsp3) is 0.737. The largest absolute Gasteiger partial charge is 0.305 e. The van der Waals surface area contributed by atoms with E-state index in [9.17, 15) is 0 Å². The smallest absolute Gasteiger partial charge is 0.191 e. The minimum absolute atomic E-state index is 0.314. The van der Waals surface area contributed by atoms with Gasteiger partial charge >= 0.3 is 0 Å². The Morgan fingerprint density at radius 2 is 1.92 bits per heavy atom. The lowest BCUT2D eigenvalue weighted by Gasteiger charge is -2.23. The Bertz CT molecular complexity index is 650. The third-order valence-corrected chi connectivity index (χ3v) is 6.44. The van der Waals surface area contributed by atoms with Gasteiger partial charge in [0.25, 0.3) is 0 Å². The van der Waals surface area contributed by atoms with Crippen molar-refractivity contribution < 1.29 is 0 Å². The molecule has 0 radical (unpaired) electrons. The topological polar surface area (TPSA) is 46.8 Å². The van der Waals surface area contributed by atoms with Crippen molar-refractivity contribution in [3.8, 4) is 0 Å². The first-order chi connectivity index (χ1) is 12.6. The van der Waals surface area contributed by atoms with Gasteiger partial charge in [-0.05, 0) is 39.8 Å². The zero-order chi connectivity index (χ0) is 18.9. The molecule has 146 valence electrons. The normalized spacial score (nSPS) is 12.8. The van der Waals surface area contributed by atoms with Crippen LogP contribution in [0.5, 0.6) is 0 Å². The van der Waals surface area contributed by atoms with Gasteiger partial charge in [-0.1, -0.05) is 45.4 Å². The molecule has 1 unspecified atom stereocenters. The minimum Gasteiger partial charge on any atom is -0.305 e. The van der Waals surface area contributed by atoms with E-state index in [0.29, 0.717) is 6.04 Å². The summed E-state index contributed by atoms with van der Waals surface area (Å²) in [6, 6.07) is 0.314. The summed E-state index contributed by atoms with van der Waals surface area (Å²) in [5.74, 6) is 1.96. The third-order valence-electron chi connectivity index (χ3n) is 4.48. The lowest BCUT2D eigenvalue weighted by molar-refractivity contribution is 0.270. The molecule has 26 heavy (non-hydrogen) atoms. The highest BCUT2D eigenvalue weighted by Crippen LogP contribution is 2.28. The second-order valence-electron chi connectivity index (χ2n) is 6.86. The molecular weight excluding hydrogens is 362 g/mol. The Hall–Kier alpha value is -0.920. The van der Waals surface area contributed by atoms with Crippen LogP contribution in [0.3, 0.4) is 0 Å². The number of nitrogens with zero attached hydrogens (tertiary/aromatic N) is 5. The van der Waals surface area contributed by atoms with E-state index in [2.05, 4.69) is 59.9 Å². The van der Waals surface area contributed by atoms with Crippen molar-refractivity contribution in [3.05, 3.63) is 21.9 Å². The Balaban J connectivity index is 2.10. The summed E-state index contributed by atoms with van der Waals surface area (Å²) >= 11 is 3.55. The Morgan fingerprint density at radius 3 is 2.58 bits per heavy atom. The van der Waals surface area contributed by atoms with Crippen LogP contribution in [-0.4, -0.2) is 38.7 Å². The van der Waals surface area contributed by atoms with E-state index in [4.69, 9.17) is 4.98 Å². The van der Waals surface area contributed by atoms with Crippen LogP contribution >= 0.6 is 23.1 Å². The maximum Gasteiger partial charge on any atom is 0.191 e. The lowest BCUT2D eigenvalue weighted by Crippen LogP contribution is -2.23. The quantitative estimate of drug-likeness (QED) is 0.463. The van der Waals surface area contributed by atoms with Gasteiger partial charge in [0.05, 0.1) is 16.7 Å². The van der Waals surface area contributed by atoms with E-state index < -0.39 is 0 Å². The number of thioether (sulfide) groups is 1. The molecule has 0 bridgehead atoms. The molecule has 0 aliphatic carbocycles. The average molecular weight is 396 g/mol. The SMILES string of the molecule is CCCCc1nc(CSc2nnc(C(CC)N(C)C)n2CCCC)cs1. The molecule has 0 fully saturated rings. The van der Waals surface area contributed by atoms with Crippen molar-refractivity contribution >= 4 is 23.1 Å². The highest BCUT2D eigenvalue weighted by molar-refractivity contribution is 7.98. The summed E-state index contributed by atoms with van der Waals surface area (Å²) in [7, 11) is 4.24. The first kappa shape index (κ1) is 21.4. The molecular formula is C19H33N5S2. The molecule has 0 aliphatic heterocycles. The van der Waals surface area contributed by atoms with Crippen LogP contribution in [0.1, 0.15) is 75.4 Å². The van der Waals surface area contributed by atoms with Crippen molar-refractivity contribution in [1.29, 1.82) is 0 Å². The predicted molar refractivity (Wildman–Crippen MR) is 112 cm³/mol. The van der Waals surface area contributed by atoms with Gasteiger partial charge in [0, 0.05) is 17.7 Å². The van der Waals surface area contributed by atoms with Crippen molar-refractivity contribution in [3.63, 3.8) is 0 Å². The summed E-state index contributed by atoms with van der Waals surface area (Å²) in [4.78, 5) is 7.01. The van der Waals surface area contributed by atoms with E-state index in [-0.39, 0.29) is 0 Å². The highest BCUT2D eigenvalue weighted by atomic mass is 32.2. The van der Waals surface area contributed by atoms with E-state index in [1.54, 1.807) is 23.1 Å². The zero-order valence-corrected chi connectivity index (χ0v) is 18.5. The van der Waals surface area contributed by atoms with Crippen LogP contribution in [0.4, 0.5) is 0 Å². The van der Waals surface area contributed by atoms with Gasteiger partial charge in [0.15, 0.2) is 11.0 Å². The van der Waals surface area contributed by atoms with Gasteiger partial charge in [-0.3, -0.25) is 4.90 Å². The molecule has 0 saturated carbocycles. The zero-order valence-electron chi connectivity index (χ0n) is 16.9. The molecule has 0 N–H and O–H groups in total. The average Bonchev–Trinajstić information content (AvgIpc) is 3.23. The van der Waals surface area contributed by atoms with Gasteiger partial charge in [-0.25, -0.2) is 4.98 Å². The summed E-state index contributed by atoms with van der Waals surface area (Å²) in [6.07, 6.45) is 6.90. The molecule has 5 nitrogen and oxygen atoms in total. The molecule has 2 rings (SSSR count). The highest BCUT2D eigenvalue weighted by Gasteiger charge is 2.21. The number of hydrogen-bond acceptors (Lipinski definition) is 6. The summed E-state index contributed by atoms with van der Waals surface area (Å²) in [6.45, 7) is 7.66. The Morgan fingerprint density at radius 1 is 1.15 bits per heavy atom. The van der Waals surface area contributed by atoms with Crippen molar-refractivity contribution in [2.75, 3.05) is 14.1 Å². The van der Waals surface area contributed by atoms with Crippen LogP contribution in [-0.2, 0) is 18.7 Å². The second kappa shape index (κ2) is 11.0. The second-order valence-corrected chi connectivity index (χ2v) is 8.74. The van der Waals surface area contributed by atoms with Crippen LogP contribution in [0.15, 0.2) is 10.5 Å². The van der Waals surface area contributed by atoms with E-state index in [1.807, 2.05) is 0 Å². The molecule has 0 aliphatic rings. The molecule has 0 saturated heterocycles. The fourth-order valence-electron chi connectivity index (χ4n) is 2.95. The van der Waals surface area contributed by atoms with Gasteiger partial charge < -0.3 is 4.57 Å². The molecule has 0 aromatic carbocycles. The van der Waals surface area contributed by atoms with Gasteiger partial charge in [0.2, 0.25) is 0 Å². The number of unbranched alkanes of at least 4 members (excludes halogenated alkanes) is 2. The molecule has 2 aromatic heterocycles. The minimum atomic E-state index is 0.314. The molecule has 2 aromatic rings. The maximum absolute atomic E-state index is 4.77. The summed E-state index contributed by atoms with van der Waals surface area (Å²) < 4.78 is 2.33. The predicted octanol–water partition coefficient (Wildman–Crippen LogP) is 5.18. The standard InChI is InChI=1S/C19H33N5S2/c1-6-9-11-17-20-15(13-25-17)14-26-19-22-21-18(16(8-3)23(4)5)24(19)12-10-7-2/h13,16H,6-12,14H2,1-5H3. The summed E-state index contributed by atoms with van der Waals surface area (Å²) in [5.41, 5.74) is 1.16. The van der Waals surface area contributed by atoms with Crippen LogP contribution in [0.25, 0.3) is 0 Å². The Labute approximate surface area is 166 Å². The van der Waals surface area contributed by atoms with Crippen LogP contribution < -0.4 is 0 Å². The first-order valence-electron chi connectivity index (χ1n) is 9.76. The van der Waals surface area contributed by atoms with Gasteiger partial charge in [0.1, 0.15) is 0 Å². The van der Waals surface area contributed by atoms with Crippen LogP contribution in [0, 0.1) is 0 Å². The van der Waals surface area contributed by atoms with Crippen molar-refractivity contribution in [1.82, 2.24) is 24.6 Å². The number of rotatable bonds is 12. The first-order valence-corrected chi connectivity index (χ1v) is 11.6.